The third-order valence-electron chi connectivity index (χ3n) is 6.09. The molecule has 2 heterocycles. The van der Waals surface area contributed by atoms with E-state index in [2.05, 4.69) is 19.2 Å². The van der Waals surface area contributed by atoms with Gasteiger partial charge in [0.2, 0.25) is 0 Å². The summed E-state index contributed by atoms with van der Waals surface area (Å²) in [6, 6.07) is 12.5. The number of nitrogens with one attached hydrogen (secondary N) is 1. The van der Waals surface area contributed by atoms with E-state index in [9.17, 15) is 14.4 Å². The van der Waals surface area contributed by atoms with Crippen LogP contribution in [0, 0.1) is 0 Å². The Morgan fingerprint density at radius 1 is 1.19 bits per heavy atom. The average molecular weight is 437 g/mol. The molecule has 2 aromatic rings. The maximum absolute atomic E-state index is 12.8. The predicted molar refractivity (Wildman–Crippen MR) is 120 cm³/mol. The van der Waals surface area contributed by atoms with Gasteiger partial charge in [0.05, 0.1) is 23.8 Å². The van der Waals surface area contributed by atoms with Gasteiger partial charge in [0.15, 0.2) is 6.61 Å². The second-order valence-electron chi connectivity index (χ2n) is 8.30. The standard InChI is InChI=1S/C25H28N2O5/c1-3-16(2)19-8-4-5-9-22(19)32-15-23(28)26-17-10-11-20-21(13-17)25(30)27(24(20)29)14-18-7-6-12-31-18/h4-5,8-11,13,16,18H,3,6-7,12,14-15H2,1-2H3,(H,26,28). The van der Waals surface area contributed by atoms with Gasteiger partial charge in [-0.1, -0.05) is 32.0 Å². The Balaban J connectivity index is 1.39. The lowest BCUT2D eigenvalue weighted by atomic mass is 9.98. The molecule has 7 nitrogen and oxygen atoms in total. The normalized spacial score (nSPS) is 18.6. The van der Waals surface area contributed by atoms with Gasteiger partial charge in [-0.3, -0.25) is 19.3 Å². The van der Waals surface area contributed by atoms with E-state index in [4.69, 9.17) is 9.47 Å². The number of amides is 3. The largest absolute Gasteiger partial charge is 0.483 e. The van der Waals surface area contributed by atoms with Crippen LogP contribution in [0.3, 0.4) is 0 Å². The van der Waals surface area contributed by atoms with E-state index in [0.29, 0.717) is 35.1 Å². The molecule has 1 N–H and O–H groups in total. The Bertz CT molecular complexity index is 1030. The Labute approximate surface area is 187 Å². The molecular formula is C25H28N2O5. The van der Waals surface area contributed by atoms with Crippen molar-refractivity contribution in [2.24, 2.45) is 0 Å². The summed E-state index contributed by atoms with van der Waals surface area (Å²) >= 11 is 0. The number of hydrogen-bond acceptors (Lipinski definition) is 5. The first-order valence-corrected chi connectivity index (χ1v) is 11.1. The lowest BCUT2D eigenvalue weighted by molar-refractivity contribution is -0.118. The van der Waals surface area contributed by atoms with Gasteiger partial charge < -0.3 is 14.8 Å². The molecule has 0 saturated carbocycles. The first kappa shape index (κ1) is 22.0. The van der Waals surface area contributed by atoms with Gasteiger partial charge in [-0.25, -0.2) is 0 Å². The highest BCUT2D eigenvalue weighted by atomic mass is 16.5. The maximum Gasteiger partial charge on any atom is 0.262 e. The van der Waals surface area contributed by atoms with Crippen molar-refractivity contribution in [3.05, 3.63) is 59.2 Å². The van der Waals surface area contributed by atoms with Gasteiger partial charge in [-0.2, -0.15) is 0 Å². The topological polar surface area (TPSA) is 84.9 Å². The fourth-order valence-corrected chi connectivity index (χ4v) is 4.11. The molecule has 7 heteroatoms. The van der Waals surface area contributed by atoms with Crippen LogP contribution in [0.25, 0.3) is 0 Å². The second-order valence-corrected chi connectivity index (χ2v) is 8.30. The van der Waals surface area contributed by atoms with Crippen LogP contribution in [0.15, 0.2) is 42.5 Å². The summed E-state index contributed by atoms with van der Waals surface area (Å²) in [5.74, 6) is 0.0131. The maximum atomic E-state index is 12.8. The molecule has 32 heavy (non-hydrogen) atoms. The number of fused-ring (bicyclic) bond motifs is 1. The molecule has 4 rings (SSSR count). The SMILES string of the molecule is CCC(C)c1ccccc1OCC(=O)Nc1ccc2c(c1)C(=O)N(CC1CCCO1)C2=O. The number of carbonyl (C=O) groups excluding carboxylic acids is 3. The Morgan fingerprint density at radius 2 is 1.97 bits per heavy atom. The minimum absolute atomic E-state index is 0.105. The highest BCUT2D eigenvalue weighted by Crippen LogP contribution is 2.29. The molecule has 2 aromatic carbocycles. The fourth-order valence-electron chi connectivity index (χ4n) is 4.11. The smallest absolute Gasteiger partial charge is 0.262 e. The molecule has 168 valence electrons. The van der Waals surface area contributed by atoms with Gasteiger partial charge in [0, 0.05) is 12.3 Å². The van der Waals surface area contributed by atoms with Crippen LogP contribution < -0.4 is 10.1 Å². The van der Waals surface area contributed by atoms with E-state index in [1.54, 1.807) is 18.2 Å². The van der Waals surface area contributed by atoms with Gasteiger partial charge in [0.25, 0.3) is 17.7 Å². The zero-order valence-electron chi connectivity index (χ0n) is 18.4. The van der Waals surface area contributed by atoms with Gasteiger partial charge in [0.1, 0.15) is 5.75 Å². The van der Waals surface area contributed by atoms with Crippen molar-refractivity contribution in [3.8, 4) is 5.75 Å². The molecular weight excluding hydrogens is 408 g/mol. The molecule has 0 radical (unpaired) electrons. The summed E-state index contributed by atoms with van der Waals surface area (Å²) in [4.78, 5) is 39.1. The van der Waals surface area contributed by atoms with Crippen LogP contribution >= 0.6 is 0 Å². The number of ether oxygens (including phenoxy) is 2. The molecule has 1 saturated heterocycles. The molecule has 0 aromatic heterocycles. The molecule has 0 spiro atoms. The fraction of sp³-hybridized carbons (Fsp3) is 0.400. The number of nitrogens with zero attached hydrogens (tertiary/aromatic N) is 1. The van der Waals surface area contributed by atoms with E-state index in [-0.39, 0.29) is 37.0 Å². The molecule has 2 unspecified atom stereocenters. The van der Waals surface area contributed by atoms with Crippen LogP contribution in [-0.2, 0) is 9.53 Å². The van der Waals surface area contributed by atoms with Crippen molar-refractivity contribution in [1.82, 2.24) is 4.90 Å². The lowest BCUT2D eigenvalue weighted by Crippen LogP contribution is -2.36. The first-order valence-electron chi connectivity index (χ1n) is 11.1. The molecule has 2 aliphatic heterocycles. The number of anilines is 1. The van der Waals surface area contributed by atoms with Gasteiger partial charge in [-0.05, 0) is 55.0 Å². The molecule has 2 atom stereocenters. The highest BCUT2D eigenvalue weighted by molar-refractivity contribution is 6.21. The summed E-state index contributed by atoms with van der Waals surface area (Å²) in [7, 11) is 0. The highest BCUT2D eigenvalue weighted by Gasteiger charge is 2.37. The quantitative estimate of drug-likeness (QED) is 0.633. The van der Waals surface area contributed by atoms with Gasteiger partial charge >= 0.3 is 0 Å². The molecule has 3 amide bonds. The Kier molecular flexibility index (Phi) is 6.55. The molecule has 2 aliphatic rings. The van der Waals surface area contributed by atoms with Crippen molar-refractivity contribution in [2.75, 3.05) is 25.1 Å². The Hall–Kier alpha value is -3.19. The van der Waals surface area contributed by atoms with E-state index in [0.717, 1.165) is 24.8 Å². The summed E-state index contributed by atoms with van der Waals surface area (Å²) in [6.07, 6.45) is 2.65. The van der Waals surface area contributed by atoms with Crippen LogP contribution in [0.5, 0.6) is 5.75 Å². The van der Waals surface area contributed by atoms with E-state index < -0.39 is 0 Å². The number of hydrogen-bond donors (Lipinski definition) is 1. The van der Waals surface area contributed by atoms with Crippen LogP contribution in [0.1, 0.15) is 65.3 Å². The Morgan fingerprint density at radius 3 is 2.72 bits per heavy atom. The zero-order valence-corrected chi connectivity index (χ0v) is 18.4. The first-order chi connectivity index (χ1) is 15.5. The van der Waals surface area contributed by atoms with Crippen LogP contribution in [0.2, 0.25) is 0 Å². The average Bonchev–Trinajstić information content (AvgIpc) is 3.40. The summed E-state index contributed by atoms with van der Waals surface area (Å²) in [5, 5.41) is 2.76. The van der Waals surface area contributed by atoms with Gasteiger partial charge in [-0.15, -0.1) is 0 Å². The van der Waals surface area contributed by atoms with E-state index >= 15 is 0 Å². The molecule has 0 aliphatic carbocycles. The molecule has 0 bridgehead atoms. The summed E-state index contributed by atoms with van der Waals surface area (Å²) < 4.78 is 11.3. The monoisotopic (exact) mass is 436 g/mol. The van der Waals surface area contributed by atoms with E-state index in [1.807, 2.05) is 24.3 Å². The van der Waals surface area contributed by atoms with Crippen LogP contribution in [-0.4, -0.2) is 48.5 Å². The summed E-state index contributed by atoms with van der Waals surface area (Å²) in [5.41, 5.74) is 2.17. The lowest BCUT2D eigenvalue weighted by Gasteiger charge is -2.17. The predicted octanol–water partition coefficient (Wildman–Crippen LogP) is 3.99. The number of carbonyl (C=O) groups is 3. The zero-order chi connectivity index (χ0) is 22.7. The number of benzene rings is 2. The number of rotatable bonds is 8. The number of para-hydroxylation sites is 1. The third kappa shape index (κ3) is 4.53. The van der Waals surface area contributed by atoms with Crippen molar-refractivity contribution in [2.45, 2.75) is 45.1 Å². The second kappa shape index (κ2) is 9.53. The van der Waals surface area contributed by atoms with Crippen molar-refractivity contribution >= 4 is 23.4 Å². The van der Waals surface area contributed by atoms with Crippen molar-refractivity contribution in [1.29, 1.82) is 0 Å². The third-order valence-corrected chi connectivity index (χ3v) is 6.09. The van der Waals surface area contributed by atoms with Crippen molar-refractivity contribution in [3.63, 3.8) is 0 Å². The minimum atomic E-state index is -0.352. The minimum Gasteiger partial charge on any atom is -0.483 e. The van der Waals surface area contributed by atoms with Crippen LogP contribution in [0.4, 0.5) is 5.69 Å². The summed E-state index contributed by atoms with van der Waals surface area (Å²) in [6.45, 7) is 5.00. The number of imide groups is 1. The van der Waals surface area contributed by atoms with E-state index in [1.165, 1.54) is 4.90 Å². The molecule has 1 fully saturated rings. The van der Waals surface area contributed by atoms with Crippen molar-refractivity contribution < 1.29 is 23.9 Å².